The Kier molecular flexibility index (Phi) is 2.09. The lowest BCUT2D eigenvalue weighted by molar-refractivity contribution is 0.133. The predicted molar refractivity (Wildman–Crippen MR) is 38.1 cm³/mol. The quantitative estimate of drug-likeness (QED) is 0.580. The van der Waals surface area contributed by atoms with Crippen LogP contribution in [0, 0.1) is 5.92 Å². The van der Waals surface area contributed by atoms with E-state index in [0.717, 1.165) is 0 Å². The van der Waals surface area contributed by atoms with Crippen LogP contribution in [0.3, 0.4) is 0 Å². The Labute approximate surface area is 59.9 Å². The lowest BCUT2D eigenvalue weighted by Gasteiger charge is -2.18. The van der Waals surface area contributed by atoms with E-state index in [1.807, 2.05) is 13.8 Å². The summed E-state index contributed by atoms with van der Waals surface area (Å²) in [5, 5.41) is 3.57. The van der Waals surface area contributed by atoms with Gasteiger partial charge in [0.15, 0.2) is 0 Å². The first-order valence-corrected chi connectivity index (χ1v) is 3.38. The minimum Gasteiger partial charge on any atom is -0.313 e. The molecule has 0 saturated carbocycles. The van der Waals surface area contributed by atoms with E-state index in [4.69, 9.17) is 0 Å². The molecule has 4 heteroatoms. The Morgan fingerprint density at radius 3 is 2.90 bits per heavy atom. The van der Waals surface area contributed by atoms with Gasteiger partial charge in [-0.1, -0.05) is 13.8 Å². The van der Waals surface area contributed by atoms with E-state index in [9.17, 15) is 4.39 Å². The average Bonchev–Trinajstić information content (AvgIpc) is 2.15. The van der Waals surface area contributed by atoms with Crippen molar-refractivity contribution in [2.45, 2.75) is 20.3 Å². The molecule has 1 aliphatic rings. The highest BCUT2D eigenvalue weighted by Crippen LogP contribution is 2.04. The molecular formula is C6H12FN3. The molecule has 1 aliphatic heterocycles. The molecule has 58 valence electrons. The molecule has 0 aromatic rings. The number of hydrogen-bond donors (Lipinski definition) is 1. The molecule has 0 bridgehead atoms. The number of nitrogens with zero attached hydrogens (tertiary/aromatic N) is 2. The third-order valence-corrected chi connectivity index (χ3v) is 1.25. The number of alkyl halides is 1. The highest BCUT2D eigenvalue weighted by molar-refractivity contribution is 5.56. The molecule has 1 rings (SSSR count). The van der Waals surface area contributed by atoms with Gasteiger partial charge in [-0.15, -0.1) is 0 Å². The first kappa shape index (κ1) is 7.31. The fourth-order valence-electron chi connectivity index (χ4n) is 0.863. The average molecular weight is 145 g/mol. The van der Waals surface area contributed by atoms with Gasteiger partial charge in [0.1, 0.15) is 6.34 Å². The molecule has 0 aromatic carbocycles. The molecule has 1 heterocycles. The highest BCUT2D eigenvalue weighted by Gasteiger charge is 2.18. The summed E-state index contributed by atoms with van der Waals surface area (Å²) in [6, 6.07) is 0. The molecule has 0 amide bonds. The largest absolute Gasteiger partial charge is 0.313 e. The zero-order chi connectivity index (χ0) is 7.56. The summed E-state index contributed by atoms with van der Waals surface area (Å²) in [4.78, 5) is 1.53. The zero-order valence-corrected chi connectivity index (χ0v) is 6.21. The summed E-state index contributed by atoms with van der Waals surface area (Å²) in [5.74, 6) is 0.463. The molecule has 0 spiro atoms. The van der Waals surface area contributed by atoms with Crippen molar-refractivity contribution in [3.05, 3.63) is 0 Å². The summed E-state index contributed by atoms with van der Waals surface area (Å²) in [6.07, 6.45) is 0.368. The van der Waals surface area contributed by atoms with E-state index < -0.39 is 6.42 Å². The second-order valence-electron chi connectivity index (χ2n) is 2.80. The van der Waals surface area contributed by atoms with Crippen LogP contribution < -0.4 is 5.43 Å². The van der Waals surface area contributed by atoms with Crippen LogP contribution in [0.2, 0.25) is 0 Å². The molecule has 0 aromatic heterocycles. The SMILES string of the molecule is CC(C)CN1C=NNC1F. The first-order chi connectivity index (χ1) is 4.70. The van der Waals surface area contributed by atoms with E-state index >= 15 is 0 Å². The second kappa shape index (κ2) is 2.86. The van der Waals surface area contributed by atoms with Crippen molar-refractivity contribution in [3.63, 3.8) is 0 Å². The van der Waals surface area contributed by atoms with Gasteiger partial charge in [0.25, 0.3) is 6.42 Å². The van der Waals surface area contributed by atoms with E-state index in [-0.39, 0.29) is 0 Å². The second-order valence-corrected chi connectivity index (χ2v) is 2.80. The summed E-state index contributed by atoms with van der Waals surface area (Å²) < 4.78 is 12.6. The molecule has 1 N–H and O–H groups in total. The number of rotatable bonds is 2. The fraction of sp³-hybridized carbons (Fsp3) is 0.833. The maximum Gasteiger partial charge on any atom is 0.262 e. The number of hydrogen-bond acceptors (Lipinski definition) is 3. The molecule has 1 atom stereocenters. The Morgan fingerprint density at radius 2 is 2.50 bits per heavy atom. The van der Waals surface area contributed by atoms with Gasteiger partial charge < -0.3 is 4.90 Å². The lowest BCUT2D eigenvalue weighted by atomic mass is 10.2. The first-order valence-electron chi connectivity index (χ1n) is 3.38. The normalized spacial score (nSPS) is 24.0. The van der Waals surface area contributed by atoms with Gasteiger partial charge >= 0.3 is 0 Å². The minimum absolute atomic E-state index is 0.463. The molecule has 0 radical (unpaired) electrons. The van der Waals surface area contributed by atoms with Crippen molar-refractivity contribution in [1.29, 1.82) is 0 Å². The summed E-state index contributed by atoms with van der Waals surface area (Å²) in [7, 11) is 0. The van der Waals surface area contributed by atoms with Gasteiger partial charge in [-0.05, 0) is 5.92 Å². The van der Waals surface area contributed by atoms with Gasteiger partial charge in [0.2, 0.25) is 0 Å². The summed E-state index contributed by atoms with van der Waals surface area (Å²) in [5.41, 5.74) is 2.30. The lowest BCUT2D eigenvalue weighted by Crippen LogP contribution is -2.35. The van der Waals surface area contributed by atoms with Crippen molar-refractivity contribution in [2.24, 2.45) is 11.0 Å². The molecular weight excluding hydrogens is 133 g/mol. The highest BCUT2D eigenvalue weighted by atomic mass is 19.1. The van der Waals surface area contributed by atoms with Crippen LogP contribution in [0.5, 0.6) is 0 Å². The molecule has 0 saturated heterocycles. The third kappa shape index (κ3) is 1.59. The van der Waals surface area contributed by atoms with Gasteiger partial charge in [0.05, 0.1) is 0 Å². The Balaban J connectivity index is 2.33. The monoisotopic (exact) mass is 145 g/mol. The number of hydrazone groups is 1. The van der Waals surface area contributed by atoms with E-state index in [2.05, 4.69) is 10.5 Å². The van der Waals surface area contributed by atoms with E-state index in [0.29, 0.717) is 12.5 Å². The van der Waals surface area contributed by atoms with Crippen molar-refractivity contribution in [1.82, 2.24) is 10.3 Å². The fourth-order valence-corrected chi connectivity index (χ4v) is 0.863. The van der Waals surface area contributed by atoms with Crippen LogP contribution in [-0.4, -0.2) is 24.2 Å². The smallest absolute Gasteiger partial charge is 0.262 e. The summed E-state index contributed by atoms with van der Waals surface area (Å²) in [6.45, 7) is 4.79. The predicted octanol–water partition coefficient (Wildman–Crippen LogP) is 0.744. The van der Waals surface area contributed by atoms with Crippen LogP contribution in [0.4, 0.5) is 4.39 Å². The van der Waals surface area contributed by atoms with Crippen LogP contribution >= 0.6 is 0 Å². The van der Waals surface area contributed by atoms with E-state index in [1.165, 1.54) is 11.2 Å². The van der Waals surface area contributed by atoms with Crippen molar-refractivity contribution in [2.75, 3.05) is 6.54 Å². The van der Waals surface area contributed by atoms with Crippen molar-refractivity contribution < 1.29 is 4.39 Å². The Hall–Kier alpha value is -0.800. The Morgan fingerprint density at radius 1 is 1.80 bits per heavy atom. The van der Waals surface area contributed by atoms with Gasteiger partial charge in [-0.2, -0.15) is 9.49 Å². The molecule has 3 nitrogen and oxygen atoms in total. The molecule has 1 unspecified atom stereocenters. The third-order valence-electron chi connectivity index (χ3n) is 1.25. The topological polar surface area (TPSA) is 27.6 Å². The molecule has 10 heavy (non-hydrogen) atoms. The molecule has 0 aliphatic carbocycles. The zero-order valence-electron chi connectivity index (χ0n) is 6.21. The van der Waals surface area contributed by atoms with Gasteiger partial charge in [-0.3, -0.25) is 5.43 Å². The minimum atomic E-state index is -1.12. The Bertz CT molecular complexity index is 135. The van der Waals surface area contributed by atoms with Crippen molar-refractivity contribution >= 4 is 6.34 Å². The van der Waals surface area contributed by atoms with Crippen LogP contribution in [0.15, 0.2) is 5.10 Å². The number of halogens is 1. The van der Waals surface area contributed by atoms with E-state index in [1.54, 1.807) is 0 Å². The van der Waals surface area contributed by atoms with Crippen LogP contribution in [0.25, 0.3) is 0 Å². The summed E-state index contributed by atoms with van der Waals surface area (Å²) >= 11 is 0. The van der Waals surface area contributed by atoms with Gasteiger partial charge in [-0.25, -0.2) is 0 Å². The molecule has 0 fully saturated rings. The van der Waals surface area contributed by atoms with Crippen LogP contribution in [0.1, 0.15) is 13.8 Å². The maximum atomic E-state index is 12.6. The standard InChI is InChI=1S/C6H12FN3/c1-5(2)3-10-4-8-9-6(10)7/h4-6,9H,3H2,1-2H3. The van der Waals surface area contributed by atoms with Gasteiger partial charge in [0, 0.05) is 6.54 Å². The maximum absolute atomic E-state index is 12.6. The van der Waals surface area contributed by atoms with Crippen LogP contribution in [-0.2, 0) is 0 Å². The van der Waals surface area contributed by atoms with Crippen molar-refractivity contribution in [3.8, 4) is 0 Å². The number of nitrogens with one attached hydrogen (secondary N) is 1.